The molecule has 2 rings (SSSR count). The standard InChI is InChI=1S/C11H18N4O3S/c1-11(4-2-6-18-8-11)15-19(16,17)9-3-5-13-10(7-9)14-12/h3,5,7,15H,2,4,6,8,12H2,1H3,(H,13,14). The second kappa shape index (κ2) is 5.41. The molecule has 8 heteroatoms. The Morgan fingerprint density at radius 3 is 2.95 bits per heavy atom. The monoisotopic (exact) mass is 286 g/mol. The van der Waals surface area contributed by atoms with E-state index in [0.717, 1.165) is 12.8 Å². The molecular weight excluding hydrogens is 268 g/mol. The highest BCUT2D eigenvalue weighted by Crippen LogP contribution is 2.22. The van der Waals surface area contributed by atoms with Crippen LogP contribution in [0, 0.1) is 0 Å². The van der Waals surface area contributed by atoms with Gasteiger partial charge in [0.15, 0.2) is 0 Å². The number of nitrogens with one attached hydrogen (secondary N) is 2. The first-order valence-electron chi connectivity index (χ1n) is 6.00. The molecule has 1 unspecified atom stereocenters. The number of nitrogens with zero attached hydrogens (tertiary/aromatic N) is 1. The average Bonchev–Trinajstić information content (AvgIpc) is 2.38. The Labute approximate surface area is 112 Å². The van der Waals surface area contributed by atoms with Crippen molar-refractivity contribution in [1.29, 1.82) is 0 Å². The molecule has 0 saturated carbocycles. The van der Waals surface area contributed by atoms with Crippen LogP contribution in [-0.2, 0) is 14.8 Å². The number of nitrogens with two attached hydrogens (primary N) is 1. The zero-order valence-electron chi connectivity index (χ0n) is 10.7. The number of rotatable bonds is 4. The van der Waals surface area contributed by atoms with Gasteiger partial charge in [-0.2, -0.15) is 0 Å². The summed E-state index contributed by atoms with van der Waals surface area (Å²) in [5.41, 5.74) is 1.75. The van der Waals surface area contributed by atoms with E-state index < -0.39 is 15.6 Å². The van der Waals surface area contributed by atoms with Gasteiger partial charge in [0.25, 0.3) is 0 Å². The third-order valence-electron chi connectivity index (χ3n) is 3.01. The van der Waals surface area contributed by atoms with Crippen LogP contribution in [-0.4, -0.2) is 32.2 Å². The van der Waals surface area contributed by atoms with Gasteiger partial charge in [0.05, 0.1) is 17.0 Å². The topological polar surface area (TPSA) is 106 Å². The van der Waals surface area contributed by atoms with Crippen molar-refractivity contribution in [2.45, 2.75) is 30.2 Å². The predicted molar refractivity (Wildman–Crippen MR) is 70.8 cm³/mol. The van der Waals surface area contributed by atoms with Crippen molar-refractivity contribution < 1.29 is 13.2 Å². The zero-order chi connectivity index (χ0) is 13.9. The fourth-order valence-corrected chi connectivity index (χ4v) is 3.49. The molecule has 1 atom stereocenters. The Morgan fingerprint density at radius 1 is 1.53 bits per heavy atom. The molecule has 4 N–H and O–H groups in total. The number of hydrazine groups is 1. The molecular formula is C11H18N4O3S. The van der Waals surface area contributed by atoms with Crippen molar-refractivity contribution >= 4 is 15.8 Å². The summed E-state index contributed by atoms with van der Waals surface area (Å²) in [5, 5.41) is 0. The molecule has 1 aliphatic rings. The lowest BCUT2D eigenvalue weighted by Gasteiger charge is -2.33. The van der Waals surface area contributed by atoms with Crippen LogP contribution in [0.3, 0.4) is 0 Å². The molecule has 1 aromatic heterocycles. The van der Waals surface area contributed by atoms with Gasteiger partial charge in [0.2, 0.25) is 10.0 Å². The van der Waals surface area contributed by atoms with Gasteiger partial charge in [-0.1, -0.05) is 0 Å². The largest absolute Gasteiger partial charge is 0.380 e. The smallest absolute Gasteiger partial charge is 0.241 e. The molecule has 0 aromatic carbocycles. The van der Waals surface area contributed by atoms with E-state index >= 15 is 0 Å². The summed E-state index contributed by atoms with van der Waals surface area (Å²) in [7, 11) is -3.62. The van der Waals surface area contributed by atoms with E-state index in [-0.39, 0.29) is 4.90 Å². The molecule has 19 heavy (non-hydrogen) atoms. The first-order chi connectivity index (χ1) is 8.95. The third-order valence-corrected chi connectivity index (χ3v) is 4.64. The van der Waals surface area contributed by atoms with E-state index in [0.29, 0.717) is 19.0 Å². The molecule has 1 aliphatic heterocycles. The summed E-state index contributed by atoms with van der Waals surface area (Å²) >= 11 is 0. The molecule has 7 nitrogen and oxygen atoms in total. The second-order valence-electron chi connectivity index (χ2n) is 4.84. The van der Waals surface area contributed by atoms with E-state index in [2.05, 4.69) is 15.1 Å². The van der Waals surface area contributed by atoms with Crippen molar-refractivity contribution in [3.05, 3.63) is 18.3 Å². The maximum Gasteiger partial charge on any atom is 0.241 e. The Balaban J connectivity index is 2.21. The number of aromatic nitrogens is 1. The van der Waals surface area contributed by atoms with Crippen LogP contribution in [0.2, 0.25) is 0 Å². The number of nitrogen functional groups attached to an aromatic ring is 1. The van der Waals surface area contributed by atoms with E-state index in [1.54, 1.807) is 0 Å². The number of sulfonamides is 1. The SMILES string of the molecule is CC1(NS(=O)(=O)c2ccnc(NN)c2)CCCOC1. The van der Waals surface area contributed by atoms with Crippen LogP contribution < -0.4 is 16.0 Å². The number of hydrogen-bond donors (Lipinski definition) is 3. The Kier molecular flexibility index (Phi) is 4.04. The molecule has 0 amide bonds. The maximum atomic E-state index is 12.3. The summed E-state index contributed by atoms with van der Waals surface area (Å²) in [4.78, 5) is 4.01. The van der Waals surface area contributed by atoms with Crippen LogP contribution in [0.4, 0.5) is 5.82 Å². The Bertz CT molecular complexity index is 541. The van der Waals surface area contributed by atoms with Crippen molar-refractivity contribution in [3.8, 4) is 0 Å². The van der Waals surface area contributed by atoms with E-state index in [9.17, 15) is 8.42 Å². The minimum Gasteiger partial charge on any atom is -0.380 e. The molecule has 1 saturated heterocycles. The molecule has 0 spiro atoms. The molecule has 106 valence electrons. The van der Waals surface area contributed by atoms with E-state index in [4.69, 9.17) is 10.6 Å². The van der Waals surface area contributed by atoms with Crippen LogP contribution in [0.5, 0.6) is 0 Å². The molecule has 0 aliphatic carbocycles. The summed E-state index contributed by atoms with van der Waals surface area (Å²) in [6, 6.07) is 2.81. The van der Waals surface area contributed by atoms with Crippen molar-refractivity contribution in [3.63, 3.8) is 0 Å². The highest BCUT2D eigenvalue weighted by Gasteiger charge is 2.33. The molecule has 2 heterocycles. The number of pyridine rings is 1. The van der Waals surface area contributed by atoms with E-state index in [1.165, 1.54) is 18.3 Å². The molecule has 1 fully saturated rings. The fourth-order valence-electron chi connectivity index (χ4n) is 2.06. The first-order valence-corrected chi connectivity index (χ1v) is 7.48. The van der Waals surface area contributed by atoms with Crippen LogP contribution in [0.15, 0.2) is 23.2 Å². The van der Waals surface area contributed by atoms with E-state index in [1.807, 2.05) is 6.92 Å². The fraction of sp³-hybridized carbons (Fsp3) is 0.545. The summed E-state index contributed by atoms with van der Waals surface area (Å²) in [6.45, 7) is 2.89. The summed E-state index contributed by atoms with van der Waals surface area (Å²) < 4.78 is 32.7. The molecule has 0 bridgehead atoms. The molecule has 0 radical (unpaired) electrons. The second-order valence-corrected chi connectivity index (χ2v) is 6.53. The van der Waals surface area contributed by atoms with Crippen LogP contribution >= 0.6 is 0 Å². The van der Waals surface area contributed by atoms with Gasteiger partial charge in [-0.3, -0.25) is 0 Å². The summed E-state index contributed by atoms with van der Waals surface area (Å²) in [6.07, 6.45) is 2.98. The van der Waals surface area contributed by atoms with Gasteiger partial charge in [-0.25, -0.2) is 24.0 Å². The lowest BCUT2D eigenvalue weighted by atomic mass is 9.97. The average molecular weight is 286 g/mol. The van der Waals surface area contributed by atoms with Crippen molar-refractivity contribution in [1.82, 2.24) is 9.71 Å². The number of anilines is 1. The van der Waals surface area contributed by atoms with Crippen molar-refractivity contribution in [2.24, 2.45) is 5.84 Å². The third kappa shape index (κ3) is 3.41. The van der Waals surface area contributed by atoms with Gasteiger partial charge < -0.3 is 10.2 Å². The normalized spacial score (nSPS) is 24.1. The van der Waals surface area contributed by atoms with Gasteiger partial charge >= 0.3 is 0 Å². The predicted octanol–water partition coefficient (Wildman–Crippen LogP) is 0.215. The van der Waals surface area contributed by atoms with Gasteiger partial charge in [-0.05, 0) is 25.8 Å². The minimum absolute atomic E-state index is 0.127. The molecule has 1 aromatic rings. The summed E-state index contributed by atoms with van der Waals surface area (Å²) in [5.74, 6) is 5.52. The zero-order valence-corrected chi connectivity index (χ0v) is 11.5. The number of hydrogen-bond acceptors (Lipinski definition) is 6. The van der Waals surface area contributed by atoms with Crippen LogP contribution in [0.1, 0.15) is 19.8 Å². The van der Waals surface area contributed by atoms with Gasteiger partial charge in [0, 0.05) is 18.9 Å². The highest BCUT2D eigenvalue weighted by molar-refractivity contribution is 7.89. The minimum atomic E-state index is -3.62. The van der Waals surface area contributed by atoms with Crippen molar-refractivity contribution in [2.75, 3.05) is 18.6 Å². The Morgan fingerprint density at radius 2 is 2.32 bits per heavy atom. The lowest BCUT2D eigenvalue weighted by Crippen LogP contribution is -2.51. The quantitative estimate of drug-likeness (QED) is 0.540. The van der Waals surface area contributed by atoms with Gasteiger partial charge in [0.1, 0.15) is 5.82 Å². The Hall–Kier alpha value is -1.22. The highest BCUT2D eigenvalue weighted by atomic mass is 32.2. The lowest BCUT2D eigenvalue weighted by molar-refractivity contribution is 0.0386. The maximum absolute atomic E-state index is 12.3. The number of ether oxygens (including phenoxy) is 1. The first kappa shape index (κ1) is 14.2. The van der Waals surface area contributed by atoms with Gasteiger partial charge in [-0.15, -0.1) is 0 Å². The van der Waals surface area contributed by atoms with Crippen LogP contribution in [0.25, 0.3) is 0 Å².